The third-order valence-corrected chi connectivity index (χ3v) is 9.32. The van der Waals surface area contributed by atoms with Crippen LogP contribution in [0.1, 0.15) is 11.1 Å². The van der Waals surface area contributed by atoms with Crippen molar-refractivity contribution in [2.75, 3.05) is 0 Å². The van der Waals surface area contributed by atoms with E-state index in [2.05, 4.69) is 65.2 Å². The maximum absolute atomic E-state index is 13.4. The maximum Gasteiger partial charge on any atom is 0.260 e. The van der Waals surface area contributed by atoms with Crippen molar-refractivity contribution in [3.05, 3.63) is 143 Å². The molecule has 0 aliphatic carbocycles. The van der Waals surface area contributed by atoms with Gasteiger partial charge in [0, 0.05) is 28.3 Å². The van der Waals surface area contributed by atoms with Gasteiger partial charge in [0.05, 0.1) is 11.0 Å². The number of fused-ring (bicyclic) bond motifs is 8. The molecule has 0 unspecified atom stereocenters. The number of hydrogen-bond donors (Lipinski definition) is 0. The Balaban J connectivity index is 1.13. The highest BCUT2D eigenvalue weighted by molar-refractivity contribution is 6.98. The third-order valence-electron chi connectivity index (χ3n) is 9.32. The van der Waals surface area contributed by atoms with E-state index < -0.39 is 0 Å². The summed E-state index contributed by atoms with van der Waals surface area (Å²) in [5, 5.41) is 1.52. The molecule has 0 atom stereocenters. The molecule has 0 amide bonds. The van der Waals surface area contributed by atoms with Gasteiger partial charge in [-0.3, -0.25) is 4.79 Å². The molecule has 0 fully saturated rings. The van der Waals surface area contributed by atoms with Crippen molar-refractivity contribution >= 4 is 44.9 Å². The molecule has 5 heteroatoms. The van der Waals surface area contributed by atoms with Gasteiger partial charge in [-0.05, 0) is 87.8 Å². The molecule has 7 aromatic rings. The van der Waals surface area contributed by atoms with Gasteiger partial charge in [0.15, 0.2) is 5.43 Å². The second kappa shape index (κ2) is 8.27. The van der Waals surface area contributed by atoms with Gasteiger partial charge in [-0.25, -0.2) is 0 Å². The summed E-state index contributed by atoms with van der Waals surface area (Å²) in [6, 6.07) is 41.7. The summed E-state index contributed by atoms with van der Waals surface area (Å²) < 4.78 is 15.1. The number of hydrogen-bond acceptors (Lipinski definition) is 3. The first kappa shape index (κ1) is 23.1. The fourth-order valence-electron chi connectivity index (χ4n) is 7.44. The second-order valence-corrected chi connectivity index (χ2v) is 11.6. The summed E-state index contributed by atoms with van der Waals surface area (Å²) in [4.78, 5) is 13.4. The lowest BCUT2D eigenvalue weighted by Crippen LogP contribution is -2.57. The van der Waals surface area contributed by atoms with Crippen molar-refractivity contribution in [1.29, 1.82) is 0 Å². The first-order valence-corrected chi connectivity index (χ1v) is 14.6. The molecule has 0 spiro atoms. The highest BCUT2D eigenvalue weighted by Gasteiger charge is 2.39. The number of benzene rings is 6. The van der Waals surface area contributed by atoms with E-state index >= 15 is 0 Å². The fraction of sp³-hybridized carbons (Fsp3) is 0.0263. The topological polar surface area (TPSA) is 40.5 Å². The van der Waals surface area contributed by atoms with Crippen LogP contribution in [-0.2, 0) is 6.42 Å². The van der Waals surface area contributed by atoms with Gasteiger partial charge < -0.3 is 14.0 Å². The summed E-state index contributed by atoms with van der Waals surface area (Å²) in [5.41, 5.74) is 11.2. The van der Waals surface area contributed by atoms with Gasteiger partial charge >= 0.3 is 0 Å². The number of nitrogens with zero attached hydrogens (tertiary/aromatic N) is 1. The van der Waals surface area contributed by atoms with Crippen LogP contribution in [0.15, 0.2) is 126 Å². The summed E-state index contributed by atoms with van der Waals surface area (Å²) >= 11 is 0. The van der Waals surface area contributed by atoms with Crippen molar-refractivity contribution in [3.8, 4) is 39.8 Å². The van der Waals surface area contributed by atoms with E-state index in [1.54, 1.807) is 0 Å². The first-order valence-electron chi connectivity index (χ1n) is 14.6. The molecule has 43 heavy (non-hydrogen) atoms. The van der Waals surface area contributed by atoms with Gasteiger partial charge in [0.2, 0.25) is 0 Å². The van der Waals surface area contributed by atoms with Gasteiger partial charge in [-0.2, -0.15) is 0 Å². The second-order valence-electron chi connectivity index (χ2n) is 11.6. The van der Waals surface area contributed by atoms with Gasteiger partial charge in [0.1, 0.15) is 23.0 Å². The zero-order chi connectivity index (χ0) is 28.2. The Bertz CT molecular complexity index is 2430. The Hall–Kier alpha value is -5.55. The molecular formula is C38H22BNO3. The van der Waals surface area contributed by atoms with Crippen LogP contribution in [0, 0.1) is 0 Å². The fourth-order valence-corrected chi connectivity index (χ4v) is 7.44. The molecule has 0 bridgehead atoms. The van der Waals surface area contributed by atoms with E-state index in [0.29, 0.717) is 0 Å². The predicted molar refractivity (Wildman–Crippen MR) is 173 cm³/mol. The minimum Gasteiger partial charge on any atom is -0.458 e. The van der Waals surface area contributed by atoms with Crippen LogP contribution < -0.4 is 31.3 Å². The maximum atomic E-state index is 13.4. The monoisotopic (exact) mass is 551 g/mol. The van der Waals surface area contributed by atoms with Crippen LogP contribution >= 0.6 is 0 Å². The van der Waals surface area contributed by atoms with Crippen LogP contribution in [-0.4, -0.2) is 11.3 Å². The Morgan fingerprint density at radius 1 is 0.581 bits per heavy atom. The Labute approximate surface area is 247 Å². The molecule has 4 heterocycles. The molecule has 0 radical (unpaired) electrons. The van der Waals surface area contributed by atoms with E-state index in [0.717, 1.165) is 84.4 Å². The first-order chi connectivity index (χ1) is 21.2. The average Bonchev–Trinajstić information content (AvgIpc) is 3.05. The van der Waals surface area contributed by atoms with Crippen LogP contribution in [0.3, 0.4) is 0 Å². The van der Waals surface area contributed by atoms with Crippen molar-refractivity contribution in [2.45, 2.75) is 6.42 Å². The largest absolute Gasteiger partial charge is 0.458 e. The number of rotatable bonds is 1. The summed E-state index contributed by atoms with van der Waals surface area (Å²) in [6.07, 6.45) is 0.773. The van der Waals surface area contributed by atoms with Gasteiger partial charge in [-0.1, -0.05) is 66.7 Å². The van der Waals surface area contributed by atoms with Crippen molar-refractivity contribution in [2.24, 2.45) is 0 Å². The minimum absolute atomic E-state index is 0.0602. The molecule has 0 N–H and O–H groups in total. The molecule has 10 rings (SSSR count). The van der Waals surface area contributed by atoms with E-state index in [9.17, 15) is 4.79 Å². The number of ether oxygens (including phenoxy) is 2. The quantitative estimate of drug-likeness (QED) is 0.174. The van der Waals surface area contributed by atoms with Crippen LogP contribution in [0.5, 0.6) is 23.0 Å². The normalized spacial score (nSPS) is 13.4. The minimum atomic E-state index is 0.0602. The summed E-state index contributed by atoms with van der Waals surface area (Å²) in [6.45, 7) is 0.0602. The number of aromatic nitrogens is 1. The van der Waals surface area contributed by atoms with Crippen LogP contribution in [0.2, 0.25) is 0 Å². The van der Waals surface area contributed by atoms with Crippen molar-refractivity contribution < 1.29 is 9.47 Å². The van der Waals surface area contributed by atoms with E-state index in [1.807, 2.05) is 60.7 Å². The SMILES string of the molecule is O=c1c2ccccc2n2c3c(cccc13)Cc1cc(-c3ccc4c(c3)Oc3cccc5c3B4c3ccccc3O5)ccc1-2. The number of pyridine rings is 1. The molecule has 4 nitrogen and oxygen atoms in total. The molecule has 200 valence electrons. The highest BCUT2D eigenvalue weighted by Crippen LogP contribution is 2.38. The number of para-hydroxylation sites is 3. The molecule has 0 saturated carbocycles. The Morgan fingerprint density at radius 3 is 2.21 bits per heavy atom. The lowest BCUT2D eigenvalue weighted by atomic mass is 9.35. The highest BCUT2D eigenvalue weighted by atomic mass is 16.5. The van der Waals surface area contributed by atoms with E-state index in [-0.39, 0.29) is 12.1 Å². The van der Waals surface area contributed by atoms with Crippen LogP contribution in [0.4, 0.5) is 0 Å². The van der Waals surface area contributed by atoms with Gasteiger partial charge in [0.25, 0.3) is 6.71 Å². The molecule has 3 aliphatic heterocycles. The van der Waals surface area contributed by atoms with Crippen molar-refractivity contribution in [1.82, 2.24) is 4.57 Å². The average molecular weight is 551 g/mol. The van der Waals surface area contributed by atoms with E-state index in [4.69, 9.17) is 9.47 Å². The standard InChI is InChI=1S/C38H22BNO3/c41-38-26-8-1-3-11-31(26)40-30-18-16-22(19-25(30)20-24-7-5-9-27(38)37(24)40)23-15-17-29-35(21-23)43-34-14-6-13-33-36(34)39(29)28-10-2-4-12-32(28)42-33/h1-19,21H,20H2. The smallest absolute Gasteiger partial charge is 0.260 e. The van der Waals surface area contributed by atoms with Crippen LogP contribution in [0.25, 0.3) is 38.6 Å². The molecule has 6 aromatic carbocycles. The Morgan fingerprint density at radius 2 is 1.28 bits per heavy atom. The molecule has 1 aromatic heterocycles. The molecule has 3 aliphatic rings. The molecule has 0 saturated heterocycles. The zero-order valence-corrected chi connectivity index (χ0v) is 23.0. The Kier molecular flexibility index (Phi) is 4.43. The van der Waals surface area contributed by atoms with Gasteiger partial charge in [-0.15, -0.1) is 0 Å². The van der Waals surface area contributed by atoms with E-state index in [1.165, 1.54) is 11.1 Å². The third kappa shape index (κ3) is 3.08. The van der Waals surface area contributed by atoms with Crippen molar-refractivity contribution in [3.63, 3.8) is 0 Å². The summed E-state index contributed by atoms with van der Waals surface area (Å²) in [5.74, 6) is 3.47. The predicted octanol–water partition coefficient (Wildman–Crippen LogP) is 6.44. The summed E-state index contributed by atoms with van der Waals surface area (Å²) in [7, 11) is 0. The lowest BCUT2D eigenvalue weighted by molar-refractivity contribution is 0.464. The molecular weight excluding hydrogens is 529 g/mol. The lowest BCUT2D eigenvalue weighted by Gasteiger charge is -2.33. The zero-order valence-electron chi connectivity index (χ0n) is 23.0.